The van der Waals surface area contributed by atoms with Crippen LogP contribution in [0, 0.1) is 11.3 Å². The number of aromatic nitrogens is 8. The van der Waals surface area contributed by atoms with Gasteiger partial charge in [-0.15, -0.1) is 0 Å². The van der Waals surface area contributed by atoms with Gasteiger partial charge < -0.3 is 42.1 Å². The van der Waals surface area contributed by atoms with Crippen LogP contribution < -0.4 is 10.9 Å². The van der Waals surface area contributed by atoms with Gasteiger partial charge in [0.1, 0.15) is 43.0 Å². The van der Waals surface area contributed by atoms with Crippen LogP contribution in [0.5, 0.6) is 0 Å². The fraction of sp³-hybridized carbons (Fsp3) is 0.571. The number of H-pyrrole nitrogens is 1. The van der Waals surface area contributed by atoms with Crippen molar-refractivity contribution in [1.82, 2.24) is 39.3 Å². The first-order valence-corrected chi connectivity index (χ1v) is 33.5. The highest BCUT2D eigenvalue weighted by molar-refractivity contribution is 8.07. The summed E-state index contributed by atoms with van der Waals surface area (Å²) in [7, 11) is -5.47. The predicted molar refractivity (Wildman–Crippen MR) is 268 cm³/mol. The molecule has 4 aromatic heterocycles. The molecule has 3 N–H and O–H groups in total. The largest absolute Gasteiger partial charge is 0.408 e. The summed E-state index contributed by atoms with van der Waals surface area (Å²) in [6.07, 6.45) is -3.02. The normalized spacial score (nSPS) is 29.2. The van der Waals surface area contributed by atoms with E-state index < -0.39 is 90.6 Å². The average molecular weight is 1080 g/mol. The zero-order valence-electron chi connectivity index (χ0n) is 40.4. The van der Waals surface area contributed by atoms with E-state index in [1.165, 1.54) is 25.2 Å². The van der Waals surface area contributed by atoms with Crippen molar-refractivity contribution in [3.8, 4) is 6.07 Å². The third-order valence-corrected chi connectivity index (χ3v) is 26.3. The summed E-state index contributed by atoms with van der Waals surface area (Å²) in [5.41, 5.74) is 0.839. The number of amides is 1. The molecule has 8 rings (SSSR count). The number of carbonyl (C=O) groups is 1. The Labute approximate surface area is 416 Å². The minimum absolute atomic E-state index is 0.0519. The lowest BCUT2D eigenvalue weighted by molar-refractivity contribution is -0.0618. The molecule has 2 bridgehead atoms. The summed E-state index contributed by atoms with van der Waals surface area (Å²) < 4.78 is 63.9. The first-order chi connectivity index (χ1) is 32.8. The van der Waals surface area contributed by atoms with Crippen LogP contribution in [-0.4, -0.2) is 123 Å². The molecular weight excluding hydrogens is 1020 g/mol. The summed E-state index contributed by atoms with van der Waals surface area (Å²) in [5, 5.41) is 18.2. The molecule has 3 saturated heterocycles. The zero-order valence-corrected chi connectivity index (χ0v) is 45.8. The van der Waals surface area contributed by atoms with Crippen molar-refractivity contribution in [3.05, 3.63) is 71.4 Å². The number of benzene rings is 1. The molecule has 10 atom stereocenters. The molecule has 3 aliphatic heterocycles. The maximum Gasteiger partial charge on any atom is 0.327 e. The molecule has 0 aliphatic carbocycles. The summed E-state index contributed by atoms with van der Waals surface area (Å²) in [5.74, 6) is -0.244. The van der Waals surface area contributed by atoms with Crippen LogP contribution in [0.2, 0.25) is 36.3 Å². The van der Waals surface area contributed by atoms with E-state index in [-0.39, 0.29) is 58.8 Å². The molecule has 378 valence electrons. The molecule has 22 nitrogen and oxygen atoms in total. The average Bonchev–Trinajstić information content (AvgIpc) is 4.06. The number of fused-ring (bicyclic) bond motifs is 5. The van der Waals surface area contributed by atoms with E-state index in [1.807, 2.05) is 6.07 Å². The van der Waals surface area contributed by atoms with E-state index in [1.54, 1.807) is 33.4 Å². The fourth-order valence-corrected chi connectivity index (χ4v) is 13.7. The Morgan fingerprint density at radius 1 is 0.886 bits per heavy atom. The molecule has 2 unspecified atom stereocenters. The van der Waals surface area contributed by atoms with Crippen molar-refractivity contribution in [1.29, 1.82) is 5.26 Å². The molecule has 70 heavy (non-hydrogen) atoms. The molecular formula is C42H58N10O12P2S2Si2. The highest BCUT2D eigenvalue weighted by Crippen LogP contribution is 2.58. The second-order valence-corrected chi connectivity index (χ2v) is 35.4. The molecule has 0 spiro atoms. The highest BCUT2D eigenvalue weighted by atomic mass is 32.5. The fourth-order valence-electron chi connectivity index (χ4n) is 7.62. The third kappa shape index (κ3) is 10.9. The lowest BCUT2D eigenvalue weighted by Crippen LogP contribution is -2.50. The van der Waals surface area contributed by atoms with E-state index >= 15 is 0 Å². The van der Waals surface area contributed by atoms with Crippen LogP contribution in [0.15, 0.2) is 60.3 Å². The minimum atomic E-state index is -4.28. The van der Waals surface area contributed by atoms with Crippen molar-refractivity contribution in [2.24, 2.45) is 0 Å². The number of rotatable bonds is 11. The van der Waals surface area contributed by atoms with Crippen molar-refractivity contribution in [2.75, 3.05) is 25.1 Å². The first kappa shape index (κ1) is 52.7. The van der Waals surface area contributed by atoms with E-state index in [9.17, 15) is 19.7 Å². The SMILES string of the molecule is CC(C)(C)[Si](C)(C)O[C@@H]1[C@@H]2OP(O)(=S)OC[C@H]3O[C@@H](n4cnc5c(=O)[nH]ncc54)[C@H](OP(=S)(OCCC#N)OC[C@H]2O[C@H]1n1cnc2c(NC(=O)c4ccccc4)ncnc21)[C@@H]3O[Si](C)(C)C(C)(C)C. The Morgan fingerprint density at radius 3 is 2.21 bits per heavy atom. The van der Waals surface area contributed by atoms with Crippen molar-refractivity contribution < 1.29 is 50.6 Å². The van der Waals surface area contributed by atoms with Crippen molar-refractivity contribution in [2.45, 2.75) is 133 Å². The monoisotopic (exact) mass is 1080 g/mol. The van der Waals surface area contributed by atoms with Crippen molar-refractivity contribution >= 4 is 87.6 Å². The van der Waals surface area contributed by atoms with E-state index in [4.69, 9.17) is 64.6 Å². The Bertz CT molecular complexity index is 2930. The van der Waals surface area contributed by atoms with Gasteiger partial charge in [-0.3, -0.25) is 27.8 Å². The standard InChI is InChI=1S/C42H58N10O12P2S2Si2/c1-41(2,3)69(7,8)63-32-28-20-57-65(55,67)61-31-27(21-58-66(68,56-18-14-17-43)62-33(32)39(60-28)51-23-46-29-26(51)19-48-50-38(29)54)59-40(34(31)64-70(9,10)42(4,5)6)52-24-47-30-35(44-22-45-36(30)52)49-37(53)25-15-12-11-13-16-25/h11-13,15-16,19,22-24,27-28,31-34,39-40H,14,18,20-21H2,1-10H3,(H,50,54)(H,55,67)(H,44,45,49,53)/t27-,28-,31-,32-,33-,34-,39-,40-,65?,66?/m1/s1. The van der Waals surface area contributed by atoms with Crippen LogP contribution >= 0.6 is 13.4 Å². The van der Waals surface area contributed by atoms with E-state index in [2.05, 4.69) is 109 Å². The summed E-state index contributed by atoms with van der Waals surface area (Å²) >= 11 is 12.1. The van der Waals surface area contributed by atoms with E-state index in [0.29, 0.717) is 11.1 Å². The molecule has 1 amide bonds. The van der Waals surface area contributed by atoms with Crippen molar-refractivity contribution in [3.63, 3.8) is 0 Å². The van der Waals surface area contributed by atoms with Gasteiger partial charge in [0.25, 0.3) is 11.5 Å². The molecule has 0 saturated carbocycles. The Morgan fingerprint density at radius 2 is 1.53 bits per heavy atom. The highest BCUT2D eigenvalue weighted by Gasteiger charge is 2.57. The quantitative estimate of drug-likeness (QED) is 0.0684. The molecule has 0 radical (unpaired) electrons. The van der Waals surface area contributed by atoms with Gasteiger partial charge in [0.2, 0.25) is 0 Å². The minimum Gasteiger partial charge on any atom is -0.408 e. The number of nitriles is 1. The Balaban J connectivity index is 1.22. The second-order valence-electron chi connectivity index (χ2n) is 20.2. The topological polar surface area (TPSA) is 263 Å². The van der Waals surface area contributed by atoms with Gasteiger partial charge in [-0.25, -0.2) is 25.0 Å². The summed E-state index contributed by atoms with van der Waals surface area (Å²) in [4.78, 5) is 56.3. The number of anilines is 1. The maximum absolute atomic E-state index is 13.3. The van der Waals surface area contributed by atoms with Gasteiger partial charge in [0, 0.05) is 5.56 Å². The number of aromatic amines is 1. The van der Waals surface area contributed by atoms with Gasteiger partial charge in [0.05, 0.1) is 56.7 Å². The number of hydrogen-bond acceptors (Lipinski definition) is 19. The number of ether oxygens (including phenoxy) is 2. The zero-order chi connectivity index (χ0) is 50.6. The first-order valence-electron chi connectivity index (χ1n) is 22.5. The van der Waals surface area contributed by atoms with Gasteiger partial charge in [-0.2, -0.15) is 10.4 Å². The molecule has 1 aromatic carbocycles. The van der Waals surface area contributed by atoms with Crippen LogP contribution in [-0.2, 0) is 64.6 Å². The summed E-state index contributed by atoms with van der Waals surface area (Å²) in [6.45, 7) is 11.5. The molecule has 3 aliphatic rings. The van der Waals surface area contributed by atoms with Gasteiger partial charge in [-0.1, -0.05) is 59.7 Å². The second kappa shape index (κ2) is 20.0. The van der Waals surface area contributed by atoms with E-state index in [0.717, 1.165) is 0 Å². The smallest absolute Gasteiger partial charge is 0.327 e. The molecule has 3 fully saturated rings. The van der Waals surface area contributed by atoms with Gasteiger partial charge in [-0.05, 0) is 72.0 Å². The molecule has 5 aromatic rings. The Hall–Kier alpha value is -3.59. The van der Waals surface area contributed by atoms with Crippen LogP contribution in [0.25, 0.3) is 22.2 Å². The Kier molecular flexibility index (Phi) is 15.1. The number of imidazole rings is 2. The number of nitrogens with zero attached hydrogens (tertiary/aromatic N) is 8. The third-order valence-electron chi connectivity index (χ3n) is 13.4. The molecule has 28 heteroatoms. The lowest BCUT2D eigenvalue weighted by Gasteiger charge is -2.41. The number of carbonyl (C=O) groups excluding carboxylic acids is 1. The van der Waals surface area contributed by atoms with Crippen LogP contribution in [0.3, 0.4) is 0 Å². The van der Waals surface area contributed by atoms with Crippen LogP contribution in [0.1, 0.15) is 70.8 Å². The summed E-state index contributed by atoms with van der Waals surface area (Å²) in [6, 6.07) is 10.8. The predicted octanol–water partition coefficient (Wildman–Crippen LogP) is 6.98. The number of nitrogens with one attached hydrogen (secondary N) is 2. The van der Waals surface area contributed by atoms with Gasteiger partial charge >= 0.3 is 13.4 Å². The molecule has 7 heterocycles. The van der Waals surface area contributed by atoms with Crippen LogP contribution in [0.4, 0.5) is 5.82 Å². The lowest BCUT2D eigenvalue weighted by atomic mass is 10.1. The van der Waals surface area contributed by atoms with Gasteiger partial charge in [0.15, 0.2) is 51.6 Å². The maximum atomic E-state index is 13.3. The number of hydrogen-bond donors (Lipinski definition) is 3.